The molecule has 2 atom stereocenters. The van der Waals surface area contributed by atoms with E-state index in [1.165, 1.54) is 36.4 Å². The van der Waals surface area contributed by atoms with E-state index in [0.29, 0.717) is 22.7 Å². The Hall–Kier alpha value is -2.70. The molecule has 0 amide bonds. The van der Waals surface area contributed by atoms with Crippen LogP contribution in [0, 0.1) is 11.6 Å². The Balaban J connectivity index is 2.03. The highest BCUT2D eigenvalue weighted by Gasteiger charge is 2.39. The highest BCUT2D eigenvalue weighted by Crippen LogP contribution is 2.35. The predicted molar refractivity (Wildman–Crippen MR) is 114 cm³/mol. The number of aliphatic hydroxyl groups is 1. The summed E-state index contributed by atoms with van der Waals surface area (Å²) in [5.41, 5.74) is -1.83. The fraction of sp³-hybridized carbons (Fsp3) is 0.217. The van der Waals surface area contributed by atoms with Crippen molar-refractivity contribution in [2.24, 2.45) is 0 Å². The van der Waals surface area contributed by atoms with Crippen molar-refractivity contribution in [3.05, 3.63) is 93.5 Å². The van der Waals surface area contributed by atoms with Gasteiger partial charge in [0.2, 0.25) is 0 Å². The van der Waals surface area contributed by atoms with Crippen molar-refractivity contribution in [2.45, 2.75) is 24.5 Å². The van der Waals surface area contributed by atoms with Crippen molar-refractivity contribution in [3.63, 3.8) is 0 Å². The van der Waals surface area contributed by atoms with Crippen molar-refractivity contribution in [1.82, 2.24) is 5.32 Å². The lowest BCUT2D eigenvalue weighted by Crippen LogP contribution is -2.40. The molecule has 188 valence electrons. The average molecular weight is 570 g/mol. The Labute approximate surface area is 202 Å². The Morgan fingerprint density at radius 2 is 1.57 bits per heavy atom. The Morgan fingerprint density at radius 3 is 2.23 bits per heavy atom. The molecule has 0 aromatic heterocycles. The third-order valence-corrected chi connectivity index (χ3v) is 5.33. The molecule has 0 aliphatic carbocycles. The number of ether oxygens (including phenoxy) is 1. The van der Waals surface area contributed by atoms with Crippen LogP contribution in [0.3, 0.4) is 0 Å². The number of halogens is 9. The van der Waals surface area contributed by atoms with Crippen molar-refractivity contribution in [3.8, 4) is 11.5 Å². The number of hydrogen-bond acceptors (Lipinski definition) is 3. The maximum Gasteiger partial charge on any atom is 0.416 e. The van der Waals surface area contributed by atoms with Gasteiger partial charge < -0.3 is 15.2 Å². The molecule has 0 radical (unpaired) electrons. The summed E-state index contributed by atoms with van der Waals surface area (Å²) in [4.78, 5) is 0. The van der Waals surface area contributed by atoms with E-state index in [0.717, 1.165) is 6.07 Å². The van der Waals surface area contributed by atoms with Crippen LogP contribution in [0.2, 0.25) is 0 Å². The van der Waals surface area contributed by atoms with Crippen molar-refractivity contribution < 1.29 is 45.0 Å². The van der Waals surface area contributed by atoms with Gasteiger partial charge in [0.25, 0.3) is 0 Å². The standard InChI is InChI=1S/C23H16BrF8NO2/c24-14-5-7-18(26)19(10-14)35-15-3-1-2-12(8-15)21(33-11-20(34)23(30,31)32)16-9-13(22(27,28)29)4-6-17(16)25/h1-10,20-21,33-34H,11H2. The summed E-state index contributed by atoms with van der Waals surface area (Å²) in [5.74, 6) is -2.08. The number of hydrogen-bond donors (Lipinski definition) is 2. The second kappa shape index (κ2) is 10.5. The number of benzene rings is 3. The zero-order chi connectivity index (χ0) is 26.0. The van der Waals surface area contributed by atoms with Gasteiger partial charge in [0, 0.05) is 16.6 Å². The summed E-state index contributed by atoms with van der Waals surface area (Å²) in [6.07, 6.45) is -12.7. The lowest BCUT2D eigenvalue weighted by atomic mass is 9.95. The van der Waals surface area contributed by atoms with Crippen LogP contribution >= 0.6 is 15.9 Å². The van der Waals surface area contributed by atoms with Crippen LogP contribution in [-0.2, 0) is 6.18 Å². The summed E-state index contributed by atoms with van der Waals surface area (Å²) >= 11 is 3.15. The van der Waals surface area contributed by atoms with Crippen LogP contribution in [0.5, 0.6) is 11.5 Å². The van der Waals surface area contributed by atoms with Gasteiger partial charge in [-0.3, -0.25) is 0 Å². The summed E-state index contributed by atoms with van der Waals surface area (Å²) in [6, 6.07) is 9.03. The molecule has 0 aliphatic heterocycles. The van der Waals surface area contributed by atoms with Gasteiger partial charge in [-0.25, -0.2) is 8.78 Å². The SMILES string of the molecule is OC(CNC(c1cccc(Oc2cc(Br)ccc2F)c1)c1cc(C(F)(F)F)ccc1F)C(F)(F)F. The van der Waals surface area contributed by atoms with E-state index >= 15 is 0 Å². The number of nitrogens with one attached hydrogen (secondary N) is 1. The van der Waals surface area contributed by atoms with E-state index in [1.807, 2.05) is 0 Å². The average Bonchev–Trinajstić information content (AvgIpc) is 2.76. The normalized spacial score (nSPS) is 14.0. The van der Waals surface area contributed by atoms with Crippen LogP contribution in [0.15, 0.2) is 65.1 Å². The minimum Gasteiger partial charge on any atom is -0.454 e. The number of alkyl halides is 6. The van der Waals surface area contributed by atoms with E-state index in [2.05, 4.69) is 21.2 Å². The minimum atomic E-state index is -5.02. The second-order valence-electron chi connectivity index (χ2n) is 7.38. The molecule has 0 saturated heterocycles. The molecule has 0 spiro atoms. The minimum absolute atomic E-state index is 0.00510. The molecule has 3 rings (SSSR count). The Kier molecular flexibility index (Phi) is 8.07. The van der Waals surface area contributed by atoms with Gasteiger partial charge in [-0.15, -0.1) is 0 Å². The molecule has 0 aliphatic rings. The molecule has 3 nitrogen and oxygen atoms in total. The quantitative estimate of drug-likeness (QED) is 0.297. The second-order valence-corrected chi connectivity index (χ2v) is 8.30. The summed E-state index contributed by atoms with van der Waals surface area (Å²) in [5, 5.41) is 11.6. The van der Waals surface area contributed by atoms with Crippen molar-refractivity contribution >= 4 is 15.9 Å². The third-order valence-electron chi connectivity index (χ3n) is 4.84. The highest BCUT2D eigenvalue weighted by atomic mass is 79.9. The van der Waals surface area contributed by atoms with Gasteiger partial charge in [-0.1, -0.05) is 28.1 Å². The number of aliphatic hydroxyl groups excluding tert-OH is 1. The first-order valence-electron chi connectivity index (χ1n) is 9.83. The molecule has 3 aromatic carbocycles. The summed E-state index contributed by atoms with van der Waals surface area (Å²) in [7, 11) is 0. The van der Waals surface area contributed by atoms with E-state index < -0.39 is 53.8 Å². The maximum atomic E-state index is 14.6. The predicted octanol–water partition coefficient (Wildman–Crippen LogP) is 7.14. The highest BCUT2D eigenvalue weighted by molar-refractivity contribution is 9.10. The molecule has 0 heterocycles. The number of rotatable bonds is 7. The lowest BCUT2D eigenvalue weighted by molar-refractivity contribution is -0.202. The fourth-order valence-electron chi connectivity index (χ4n) is 3.13. The Morgan fingerprint density at radius 1 is 0.886 bits per heavy atom. The van der Waals surface area contributed by atoms with Crippen LogP contribution in [0.1, 0.15) is 22.7 Å². The van der Waals surface area contributed by atoms with Gasteiger partial charge in [-0.2, -0.15) is 26.3 Å². The van der Waals surface area contributed by atoms with Gasteiger partial charge in [0.1, 0.15) is 11.6 Å². The molecule has 0 fully saturated rings. The van der Waals surface area contributed by atoms with Gasteiger partial charge in [-0.05, 0) is 54.1 Å². The van der Waals surface area contributed by atoms with Gasteiger partial charge in [0.15, 0.2) is 17.7 Å². The first kappa shape index (κ1) is 26.9. The molecular formula is C23H16BrF8NO2. The molecule has 3 aromatic rings. The van der Waals surface area contributed by atoms with Crippen LogP contribution in [-0.4, -0.2) is 23.9 Å². The molecule has 0 saturated carbocycles. The molecule has 2 N–H and O–H groups in total. The first-order valence-corrected chi connectivity index (χ1v) is 10.6. The smallest absolute Gasteiger partial charge is 0.416 e. The van der Waals surface area contributed by atoms with E-state index in [1.54, 1.807) is 0 Å². The molecule has 0 bridgehead atoms. The van der Waals surface area contributed by atoms with Crippen LogP contribution in [0.4, 0.5) is 35.1 Å². The zero-order valence-electron chi connectivity index (χ0n) is 17.4. The largest absolute Gasteiger partial charge is 0.454 e. The fourth-order valence-corrected chi connectivity index (χ4v) is 3.47. The Bertz CT molecular complexity index is 1180. The molecule has 12 heteroatoms. The molecule has 35 heavy (non-hydrogen) atoms. The molecule has 2 unspecified atom stereocenters. The summed E-state index contributed by atoms with van der Waals surface area (Å²) in [6.45, 7) is -1.14. The van der Waals surface area contributed by atoms with Crippen LogP contribution in [0.25, 0.3) is 0 Å². The van der Waals surface area contributed by atoms with Gasteiger partial charge in [0.05, 0.1) is 11.6 Å². The summed E-state index contributed by atoms with van der Waals surface area (Å²) < 4.78 is 113. The maximum absolute atomic E-state index is 14.6. The van der Waals surface area contributed by atoms with Crippen molar-refractivity contribution in [2.75, 3.05) is 6.54 Å². The third kappa shape index (κ3) is 6.92. The van der Waals surface area contributed by atoms with Crippen molar-refractivity contribution in [1.29, 1.82) is 0 Å². The van der Waals surface area contributed by atoms with E-state index in [9.17, 15) is 40.2 Å². The van der Waals surface area contributed by atoms with Gasteiger partial charge >= 0.3 is 12.4 Å². The topological polar surface area (TPSA) is 41.5 Å². The zero-order valence-corrected chi connectivity index (χ0v) is 19.0. The van der Waals surface area contributed by atoms with Crippen LogP contribution < -0.4 is 10.1 Å². The molecular weight excluding hydrogens is 554 g/mol. The lowest BCUT2D eigenvalue weighted by Gasteiger charge is -2.24. The monoisotopic (exact) mass is 569 g/mol. The van der Waals surface area contributed by atoms with E-state index in [-0.39, 0.29) is 17.1 Å². The first-order chi connectivity index (χ1) is 16.3. The van der Waals surface area contributed by atoms with E-state index in [4.69, 9.17) is 4.74 Å².